The summed E-state index contributed by atoms with van der Waals surface area (Å²) in [7, 11) is 0. The van der Waals surface area contributed by atoms with Crippen LogP contribution in [0.4, 0.5) is 26.3 Å². The summed E-state index contributed by atoms with van der Waals surface area (Å²) in [5.41, 5.74) is 2.94. The van der Waals surface area contributed by atoms with Crippen molar-refractivity contribution in [3.05, 3.63) is 0 Å². The Morgan fingerprint density at radius 3 is 1.36 bits per heavy atom. The third-order valence-electron chi connectivity index (χ3n) is 2.51. The molecule has 0 unspecified atom stereocenters. The molecule has 0 amide bonds. The Balaban J connectivity index is 2.94. The summed E-state index contributed by atoms with van der Waals surface area (Å²) in [6.45, 7) is 0. The second kappa shape index (κ2) is 3.01. The molecule has 1 fully saturated rings. The summed E-state index contributed by atoms with van der Waals surface area (Å²) >= 11 is 0. The van der Waals surface area contributed by atoms with Crippen LogP contribution in [0.25, 0.3) is 0 Å². The fraction of sp³-hybridized carbons (Fsp3) is 1.00. The zero-order valence-electron chi connectivity index (χ0n) is 7.04. The molecule has 1 nitrogen and oxygen atoms in total. The van der Waals surface area contributed by atoms with E-state index in [9.17, 15) is 26.3 Å². The van der Waals surface area contributed by atoms with Gasteiger partial charge in [0.05, 0.1) is 0 Å². The summed E-state index contributed by atoms with van der Waals surface area (Å²) in [4.78, 5) is 0. The van der Waals surface area contributed by atoms with Crippen LogP contribution in [-0.2, 0) is 0 Å². The Bertz CT molecular complexity index is 199. The molecule has 1 saturated carbocycles. The van der Waals surface area contributed by atoms with Gasteiger partial charge >= 0.3 is 12.4 Å². The van der Waals surface area contributed by atoms with Gasteiger partial charge in [-0.2, -0.15) is 26.3 Å². The summed E-state index contributed by atoms with van der Waals surface area (Å²) < 4.78 is 72.8. The van der Waals surface area contributed by atoms with E-state index in [0.717, 1.165) is 0 Å². The lowest BCUT2D eigenvalue weighted by atomic mass is 9.68. The predicted octanol–water partition coefficient (Wildman–Crippen LogP) is 2.61. The normalized spacial score (nSPS) is 22.3. The van der Waals surface area contributed by atoms with Crippen molar-refractivity contribution < 1.29 is 26.3 Å². The maximum atomic E-state index is 12.1. The molecular weight excluding hydrogens is 212 g/mol. The highest BCUT2D eigenvalue weighted by molar-refractivity contribution is 5.03. The van der Waals surface area contributed by atoms with Crippen molar-refractivity contribution in [2.24, 2.45) is 11.7 Å². The Morgan fingerprint density at radius 2 is 1.29 bits per heavy atom. The van der Waals surface area contributed by atoms with E-state index in [2.05, 4.69) is 0 Å². The number of hydrogen-bond acceptors (Lipinski definition) is 1. The first kappa shape index (κ1) is 11.6. The smallest absolute Gasteiger partial charge is 0.324 e. The molecule has 0 atom stereocenters. The minimum Gasteiger partial charge on any atom is -0.324 e. The van der Waals surface area contributed by atoms with Crippen molar-refractivity contribution in [3.8, 4) is 0 Å². The van der Waals surface area contributed by atoms with Crippen LogP contribution in [0.1, 0.15) is 19.3 Å². The van der Waals surface area contributed by atoms with Crippen LogP contribution in [0.5, 0.6) is 0 Å². The molecule has 1 aliphatic carbocycles. The van der Waals surface area contributed by atoms with E-state index in [-0.39, 0.29) is 12.8 Å². The Hall–Kier alpha value is -0.460. The summed E-state index contributed by atoms with van der Waals surface area (Å²) in [5.74, 6) is -3.39. The van der Waals surface area contributed by atoms with Crippen LogP contribution in [-0.4, -0.2) is 17.9 Å². The molecule has 0 heterocycles. The fourth-order valence-electron chi connectivity index (χ4n) is 1.71. The van der Waals surface area contributed by atoms with Gasteiger partial charge in [0.15, 0.2) is 5.92 Å². The number of nitrogens with two attached hydrogens (primary N) is 1. The van der Waals surface area contributed by atoms with E-state index < -0.39 is 23.8 Å². The largest absolute Gasteiger partial charge is 0.402 e. The first-order chi connectivity index (χ1) is 6.07. The number of hydrogen-bond donors (Lipinski definition) is 1. The second-order valence-electron chi connectivity index (χ2n) is 3.60. The van der Waals surface area contributed by atoms with E-state index in [1.165, 1.54) is 0 Å². The fourth-order valence-corrected chi connectivity index (χ4v) is 1.71. The lowest BCUT2D eigenvalue weighted by Gasteiger charge is -2.45. The van der Waals surface area contributed by atoms with Crippen LogP contribution in [0.3, 0.4) is 0 Å². The first-order valence-electron chi connectivity index (χ1n) is 4.00. The van der Waals surface area contributed by atoms with Crippen molar-refractivity contribution >= 4 is 0 Å². The van der Waals surface area contributed by atoms with E-state index in [4.69, 9.17) is 5.73 Å². The summed E-state index contributed by atoms with van der Waals surface area (Å²) in [6, 6.07) is 0. The highest BCUT2D eigenvalue weighted by Gasteiger charge is 2.66. The van der Waals surface area contributed by atoms with Crippen molar-refractivity contribution in [3.63, 3.8) is 0 Å². The highest BCUT2D eigenvalue weighted by Crippen LogP contribution is 2.51. The van der Waals surface area contributed by atoms with E-state index in [1.54, 1.807) is 0 Å². The molecule has 84 valence electrons. The molecular formula is C7H9F6N. The average Bonchev–Trinajstić information content (AvgIpc) is 1.76. The lowest BCUT2D eigenvalue weighted by Crippen LogP contribution is -2.62. The van der Waals surface area contributed by atoms with Gasteiger partial charge in [-0.05, 0) is 19.3 Å². The molecule has 0 spiro atoms. The summed E-state index contributed by atoms with van der Waals surface area (Å²) in [5, 5.41) is 0. The van der Waals surface area contributed by atoms with Crippen molar-refractivity contribution in [1.82, 2.24) is 0 Å². The van der Waals surface area contributed by atoms with E-state index in [1.807, 2.05) is 0 Å². The van der Waals surface area contributed by atoms with E-state index in [0.29, 0.717) is 6.42 Å². The van der Waals surface area contributed by atoms with Gasteiger partial charge in [-0.1, -0.05) is 0 Å². The van der Waals surface area contributed by atoms with Gasteiger partial charge in [0.1, 0.15) is 0 Å². The standard InChI is InChI=1S/C7H9F6N/c8-6(9,10)4(7(11,12)13)5(14)2-1-3-5/h4H,1-3,14H2. The van der Waals surface area contributed by atoms with Gasteiger partial charge in [-0.15, -0.1) is 0 Å². The minimum absolute atomic E-state index is 0.226. The average molecular weight is 221 g/mol. The van der Waals surface area contributed by atoms with Gasteiger partial charge in [-0.3, -0.25) is 0 Å². The topological polar surface area (TPSA) is 26.0 Å². The molecule has 0 aliphatic heterocycles. The van der Waals surface area contributed by atoms with Crippen LogP contribution in [0.15, 0.2) is 0 Å². The van der Waals surface area contributed by atoms with Crippen LogP contribution >= 0.6 is 0 Å². The van der Waals surface area contributed by atoms with Gasteiger partial charge in [0, 0.05) is 5.54 Å². The number of halogens is 6. The van der Waals surface area contributed by atoms with E-state index >= 15 is 0 Å². The molecule has 14 heavy (non-hydrogen) atoms. The monoisotopic (exact) mass is 221 g/mol. The second-order valence-corrected chi connectivity index (χ2v) is 3.60. The highest BCUT2D eigenvalue weighted by atomic mass is 19.4. The van der Waals surface area contributed by atoms with Crippen molar-refractivity contribution in [1.29, 1.82) is 0 Å². The molecule has 0 aromatic heterocycles. The minimum atomic E-state index is -5.31. The zero-order chi connectivity index (χ0) is 11.2. The molecule has 0 bridgehead atoms. The van der Waals surface area contributed by atoms with Crippen LogP contribution < -0.4 is 5.73 Å². The maximum absolute atomic E-state index is 12.1. The lowest BCUT2D eigenvalue weighted by molar-refractivity contribution is -0.308. The van der Waals surface area contributed by atoms with Gasteiger partial charge in [0.2, 0.25) is 0 Å². The molecule has 0 aromatic rings. The third kappa shape index (κ3) is 1.97. The predicted molar refractivity (Wildman–Crippen MR) is 36.4 cm³/mol. The Labute approximate surface area is 76.3 Å². The molecule has 0 radical (unpaired) electrons. The van der Waals surface area contributed by atoms with Crippen LogP contribution in [0, 0.1) is 5.92 Å². The molecule has 1 aliphatic rings. The number of rotatable bonds is 1. The summed E-state index contributed by atoms with van der Waals surface area (Å²) in [6.07, 6.45) is -10.8. The number of alkyl halides is 6. The molecule has 2 N–H and O–H groups in total. The first-order valence-corrected chi connectivity index (χ1v) is 4.00. The molecule has 7 heteroatoms. The molecule has 1 rings (SSSR count). The zero-order valence-corrected chi connectivity index (χ0v) is 7.04. The van der Waals surface area contributed by atoms with Crippen LogP contribution in [0.2, 0.25) is 0 Å². The maximum Gasteiger partial charge on any atom is 0.402 e. The van der Waals surface area contributed by atoms with Gasteiger partial charge < -0.3 is 5.73 Å². The van der Waals surface area contributed by atoms with Gasteiger partial charge in [-0.25, -0.2) is 0 Å². The molecule has 0 saturated heterocycles. The van der Waals surface area contributed by atoms with Crippen molar-refractivity contribution in [2.45, 2.75) is 37.2 Å². The van der Waals surface area contributed by atoms with Crippen molar-refractivity contribution in [2.75, 3.05) is 0 Å². The van der Waals surface area contributed by atoms with Gasteiger partial charge in [0.25, 0.3) is 0 Å². The SMILES string of the molecule is NC1(C(C(F)(F)F)C(F)(F)F)CCC1. The third-order valence-corrected chi connectivity index (χ3v) is 2.51. The quantitative estimate of drug-likeness (QED) is 0.676. The Morgan fingerprint density at radius 1 is 0.929 bits per heavy atom. The Kier molecular flexibility index (Phi) is 2.50. The molecule has 0 aromatic carbocycles.